The van der Waals surface area contributed by atoms with Crippen molar-refractivity contribution in [1.82, 2.24) is 5.32 Å². The number of hydrogen-bond acceptors (Lipinski definition) is 4. The van der Waals surface area contributed by atoms with Gasteiger partial charge in [0.15, 0.2) is 0 Å². The molecule has 0 fully saturated rings. The molecule has 0 spiro atoms. The van der Waals surface area contributed by atoms with Crippen molar-refractivity contribution in [3.8, 4) is 0 Å². The molecule has 0 unspecified atom stereocenters. The Balaban J connectivity index is 2.70. The van der Waals surface area contributed by atoms with E-state index in [4.69, 9.17) is 10.5 Å². The lowest BCUT2D eigenvalue weighted by Gasteiger charge is -2.23. The van der Waals surface area contributed by atoms with Gasteiger partial charge in [0.05, 0.1) is 0 Å². The maximum absolute atomic E-state index is 12.9. The van der Waals surface area contributed by atoms with Gasteiger partial charge in [-0.25, -0.2) is 14.0 Å². The second kappa shape index (κ2) is 7.22. The second-order valence-corrected chi connectivity index (χ2v) is 5.93. The predicted molar refractivity (Wildman–Crippen MR) is 78.7 cm³/mol. The number of hydrogen-bond donors (Lipinski definition) is 3. The number of amides is 1. The average Bonchev–Trinajstić information content (AvgIpc) is 2.36. The van der Waals surface area contributed by atoms with Crippen LogP contribution in [0, 0.1) is 5.82 Å². The number of nitrogens with one attached hydrogen (secondary N) is 1. The molecule has 0 heterocycles. The van der Waals surface area contributed by atoms with Crippen LogP contribution in [-0.2, 0) is 9.53 Å². The molecule has 0 saturated carbocycles. The summed E-state index contributed by atoms with van der Waals surface area (Å²) in [5, 5.41) is 11.4. The Morgan fingerprint density at radius 2 is 1.86 bits per heavy atom. The summed E-state index contributed by atoms with van der Waals surface area (Å²) in [5.74, 6) is -1.62. The zero-order chi connectivity index (χ0) is 16.9. The van der Waals surface area contributed by atoms with E-state index in [1.165, 1.54) is 24.3 Å². The minimum atomic E-state index is -1.22. The number of aliphatic carboxylic acids is 1. The number of carbonyl (C=O) groups is 2. The first-order chi connectivity index (χ1) is 10.1. The van der Waals surface area contributed by atoms with Gasteiger partial charge < -0.3 is 20.9 Å². The molecular weight excluding hydrogens is 291 g/mol. The first-order valence-corrected chi connectivity index (χ1v) is 6.82. The lowest BCUT2D eigenvalue weighted by atomic mass is 10.0. The molecule has 0 radical (unpaired) electrons. The van der Waals surface area contributed by atoms with E-state index in [0.29, 0.717) is 5.56 Å². The Morgan fingerprint density at radius 1 is 1.32 bits per heavy atom. The topological polar surface area (TPSA) is 102 Å². The molecule has 7 heteroatoms. The van der Waals surface area contributed by atoms with Gasteiger partial charge in [-0.15, -0.1) is 0 Å². The van der Waals surface area contributed by atoms with Crippen molar-refractivity contribution in [2.24, 2.45) is 5.73 Å². The van der Waals surface area contributed by atoms with Crippen LogP contribution in [0.3, 0.4) is 0 Å². The van der Waals surface area contributed by atoms with Crippen molar-refractivity contribution in [3.63, 3.8) is 0 Å². The summed E-state index contributed by atoms with van der Waals surface area (Å²) in [4.78, 5) is 22.9. The van der Waals surface area contributed by atoms with Gasteiger partial charge >= 0.3 is 12.1 Å². The quantitative estimate of drug-likeness (QED) is 0.773. The Kier molecular flexibility index (Phi) is 5.87. The molecule has 22 heavy (non-hydrogen) atoms. The van der Waals surface area contributed by atoms with E-state index in [0.717, 1.165) is 0 Å². The molecule has 0 aliphatic heterocycles. The lowest BCUT2D eigenvalue weighted by molar-refractivity contribution is -0.139. The van der Waals surface area contributed by atoms with E-state index in [-0.39, 0.29) is 6.42 Å². The van der Waals surface area contributed by atoms with E-state index >= 15 is 0 Å². The first-order valence-electron chi connectivity index (χ1n) is 6.82. The fraction of sp³-hybridized carbons (Fsp3) is 0.467. The molecule has 0 aliphatic carbocycles. The van der Waals surface area contributed by atoms with Gasteiger partial charge in [-0.2, -0.15) is 0 Å². The van der Waals surface area contributed by atoms with E-state index in [2.05, 4.69) is 5.32 Å². The van der Waals surface area contributed by atoms with E-state index in [1.807, 2.05) is 0 Å². The van der Waals surface area contributed by atoms with E-state index in [1.54, 1.807) is 20.8 Å². The van der Waals surface area contributed by atoms with Gasteiger partial charge in [0, 0.05) is 6.04 Å². The number of benzene rings is 1. The molecule has 122 valence electrons. The van der Waals surface area contributed by atoms with Crippen LogP contribution in [0.5, 0.6) is 0 Å². The highest BCUT2D eigenvalue weighted by Crippen LogP contribution is 2.17. The van der Waals surface area contributed by atoms with E-state index in [9.17, 15) is 19.1 Å². The molecule has 0 bridgehead atoms. The van der Waals surface area contributed by atoms with Crippen molar-refractivity contribution in [1.29, 1.82) is 0 Å². The summed E-state index contributed by atoms with van der Waals surface area (Å²) in [6.07, 6.45) is -0.869. The fourth-order valence-electron chi connectivity index (χ4n) is 1.77. The second-order valence-electron chi connectivity index (χ2n) is 5.93. The van der Waals surface area contributed by atoms with Gasteiger partial charge in [0.25, 0.3) is 0 Å². The average molecular weight is 312 g/mol. The monoisotopic (exact) mass is 312 g/mol. The first kappa shape index (κ1) is 17.9. The molecule has 4 N–H and O–H groups in total. The van der Waals surface area contributed by atoms with E-state index < -0.39 is 35.6 Å². The van der Waals surface area contributed by atoms with Gasteiger partial charge in [-0.3, -0.25) is 0 Å². The lowest BCUT2D eigenvalue weighted by Crippen LogP contribution is -2.44. The summed E-state index contributed by atoms with van der Waals surface area (Å²) in [6.45, 7) is 5.02. The van der Waals surface area contributed by atoms with Crippen LogP contribution in [-0.4, -0.2) is 28.8 Å². The van der Waals surface area contributed by atoms with Gasteiger partial charge in [0.2, 0.25) is 0 Å². The molecule has 2 atom stereocenters. The van der Waals surface area contributed by atoms with Crippen molar-refractivity contribution in [2.45, 2.75) is 44.9 Å². The summed E-state index contributed by atoms with van der Waals surface area (Å²) in [6, 6.07) is 3.59. The van der Waals surface area contributed by atoms with Crippen LogP contribution in [0.2, 0.25) is 0 Å². The number of rotatable bonds is 5. The third kappa shape index (κ3) is 6.09. The third-order valence-corrected chi connectivity index (χ3v) is 2.78. The van der Waals surface area contributed by atoms with Gasteiger partial charge in [0.1, 0.15) is 17.5 Å². The Morgan fingerprint density at radius 3 is 2.32 bits per heavy atom. The zero-order valence-electron chi connectivity index (χ0n) is 12.8. The molecular formula is C15H21FN2O4. The summed E-state index contributed by atoms with van der Waals surface area (Å²) < 4.78 is 17.9. The molecule has 0 aliphatic rings. The highest BCUT2D eigenvalue weighted by molar-refractivity contribution is 5.80. The van der Waals surface area contributed by atoms with Gasteiger partial charge in [-0.1, -0.05) is 12.1 Å². The molecule has 1 amide bonds. The van der Waals surface area contributed by atoms with Crippen LogP contribution in [0.15, 0.2) is 24.3 Å². The highest BCUT2D eigenvalue weighted by Gasteiger charge is 2.26. The smallest absolute Gasteiger partial charge is 0.408 e. The SMILES string of the molecule is CC(C)(C)OC(=O)N[C@@H](C[C@@H](N)c1ccc(F)cc1)C(=O)O. The van der Waals surface area contributed by atoms with Crippen LogP contribution >= 0.6 is 0 Å². The third-order valence-electron chi connectivity index (χ3n) is 2.78. The minimum Gasteiger partial charge on any atom is -0.480 e. The Bertz CT molecular complexity index is 525. The molecule has 1 aromatic carbocycles. The Hall–Kier alpha value is -2.15. The number of nitrogens with two attached hydrogens (primary N) is 1. The maximum atomic E-state index is 12.9. The fourth-order valence-corrected chi connectivity index (χ4v) is 1.77. The standard InChI is InChI=1S/C15H21FN2O4/c1-15(2,3)22-14(21)18-12(13(19)20)8-11(17)9-4-6-10(16)7-5-9/h4-7,11-12H,8,17H2,1-3H3,(H,18,21)(H,19,20)/t11-,12+/m1/s1. The van der Waals surface area contributed by atoms with Gasteiger partial charge in [-0.05, 0) is 44.9 Å². The maximum Gasteiger partial charge on any atom is 0.408 e. The number of alkyl carbamates (subject to hydrolysis) is 1. The minimum absolute atomic E-state index is 0.0415. The van der Waals surface area contributed by atoms with Crippen molar-refractivity contribution >= 4 is 12.1 Å². The van der Waals surface area contributed by atoms with Crippen LogP contribution < -0.4 is 11.1 Å². The van der Waals surface area contributed by atoms with Crippen molar-refractivity contribution < 1.29 is 23.8 Å². The molecule has 1 rings (SSSR count). The normalized spacial score (nSPS) is 14.0. The van der Waals surface area contributed by atoms with Crippen LogP contribution in [0.25, 0.3) is 0 Å². The summed E-state index contributed by atoms with van der Waals surface area (Å²) >= 11 is 0. The van der Waals surface area contributed by atoms with Crippen LogP contribution in [0.4, 0.5) is 9.18 Å². The number of ether oxygens (including phenoxy) is 1. The number of halogens is 1. The molecule has 0 aromatic heterocycles. The predicted octanol–water partition coefficient (Wildman–Crippen LogP) is 2.19. The summed E-state index contributed by atoms with van der Waals surface area (Å²) in [5.41, 5.74) is 5.76. The number of carboxylic acids is 1. The van der Waals surface area contributed by atoms with Crippen molar-refractivity contribution in [2.75, 3.05) is 0 Å². The largest absolute Gasteiger partial charge is 0.480 e. The molecule has 6 nitrogen and oxygen atoms in total. The number of carboxylic acid groups (broad SMARTS) is 1. The molecule has 1 aromatic rings. The summed E-state index contributed by atoms with van der Waals surface area (Å²) in [7, 11) is 0. The van der Waals surface area contributed by atoms with Crippen LogP contribution in [0.1, 0.15) is 38.8 Å². The van der Waals surface area contributed by atoms with Crippen molar-refractivity contribution in [3.05, 3.63) is 35.6 Å². The Labute approximate surface area is 128 Å². The molecule has 0 saturated heterocycles. The highest BCUT2D eigenvalue weighted by atomic mass is 19.1. The number of carbonyl (C=O) groups excluding carboxylic acids is 1. The zero-order valence-corrected chi connectivity index (χ0v) is 12.8.